The standard InChI is InChI=1S/C15H18O5/c1-5-14(4)7-15(19)11(9(3)13(18)20-15)6-10(14)8(2)12(16)17/h5,10,19H,1-2,6-7H2,3-4H3,(H,16,17)/t10-,14+,15-/m0/s1. The number of carbonyl (C=O) groups is 2. The van der Waals surface area contributed by atoms with Crippen molar-refractivity contribution in [1.29, 1.82) is 0 Å². The number of rotatable bonds is 3. The number of carboxylic acids is 1. The average Bonchev–Trinajstić information content (AvgIpc) is 2.57. The van der Waals surface area contributed by atoms with Gasteiger partial charge in [0.2, 0.25) is 5.79 Å². The van der Waals surface area contributed by atoms with Crippen molar-refractivity contribution in [2.24, 2.45) is 11.3 Å². The topological polar surface area (TPSA) is 83.8 Å². The first-order chi connectivity index (χ1) is 9.14. The van der Waals surface area contributed by atoms with E-state index in [0.29, 0.717) is 11.1 Å². The predicted octanol–water partition coefficient (Wildman–Crippen LogP) is 1.79. The molecule has 0 aromatic carbocycles. The van der Waals surface area contributed by atoms with Gasteiger partial charge in [0.25, 0.3) is 0 Å². The molecule has 0 amide bonds. The largest absolute Gasteiger partial charge is 0.478 e. The lowest BCUT2D eigenvalue weighted by Crippen LogP contribution is -2.47. The first kappa shape index (κ1) is 14.5. The number of allylic oxidation sites excluding steroid dienone is 1. The van der Waals surface area contributed by atoms with Crippen LogP contribution in [0.5, 0.6) is 0 Å². The summed E-state index contributed by atoms with van der Waals surface area (Å²) in [5.74, 6) is -3.73. The van der Waals surface area contributed by atoms with Crippen molar-refractivity contribution in [3.63, 3.8) is 0 Å². The maximum atomic E-state index is 11.7. The van der Waals surface area contributed by atoms with Crippen LogP contribution in [0.2, 0.25) is 0 Å². The second-order valence-electron chi connectivity index (χ2n) is 5.75. The van der Waals surface area contributed by atoms with Gasteiger partial charge in [-0.05, 0) is 18.8 Å². The number of aliphatic carboxylic acids is 1. The van der Waals surface area contributed by atoms with Gasteiger partial charge in [-0.3, -0.25) is 0 Å². The lowest BCUT2D eigenvalue weighted by molar-refractivity contribution is -0.198. The van der Waals surface area contributed by atoms with E-state index in [-0.39, 0.29) is 18.4 Å². The van der Waals surface area contributed by atoms with Gasteiger partial charge in [0.05, 0.1) is 0 Å². The summed E-state index contributed by atoms with van der Waals surface area (Å²) in [5.41, 5.74) is 0.142. The van der Waals surface area contributed by atoms with E-state index in [0.717, 1.165) is 0 Å². The molecule has 0 spiro atoms. The van der Waals surface area contributed by atoms with E-state index in [1.54, 1.807) is 19.9 Å². The molecule has 0 radical (unpaired) electrons. The van der Waals surface area contributed by atoms with Crippen molar-refractivity contribution in [2.45, 2.75) is 32.5 Å². The summed E-state index contributed by atoms with van der Waals surface area (Å²) in [7, 11) is 0. The minimum absolute atomic E-state index is 0.0501. The zero-order valence-corrected chi connectivity index (χ0v) is 11.6. The molecule has 5 heteroatoms. The molecule has 2 rings (SSSR count). The fourth-order valence-electron chi connectivity index (χ4n) is 3.12. The lowest BCUT2D eigenvalue weighted by atomic mass is 9.61. The molecule has 2 N–H and O–H groups in total. The third-order valence-electron chi connectivity index (χ3n) is 4.48. The minimum atomic E-state index is -1.65. The summed E-state index contributed by atoms with van der Waals surface area (Å²) in [5, 5.41) is 19.7. The molecule has 0 aromatic rings. The number of carboxylic acid groups (broad SMARTS) is 1. The molecular weight excluding hydrogens is 260 g/mol. The second kappa shape index (κ2) is 4.31. The Morgan fingerprint density at radius 2 is 2.15 bits per heavy atom. The quantitative estimate of drug-likeness (QED) is 0.467. The number of fused-ring (bicyclic) bond motifs is 1. The average molecular weight is 278 g/mol. The summed E-state index contributed by atoms with van der Waals surface area (Å²) in [4.78, 5) is 22.9. The predicted molar refractivity (Wildman–Crippen MR) is 71.5 cm³/mol. The lowest BCUT2D eigenvalue weighted by Gasteiger charge is -2.45. The van der Waals surface area contributed by atoms with Crippen LogP contribution in [0.25, 0.3) is 0 Å². The molecule has 0 bridgehead atoms. The zero-order valence-electron chi connectivity index (χ0n) is 11.6. The van der Waals surface area contributed by atoms with Crippen molar-refractivity contribution in [3.05, 3.63) is 36.0 Å². The summed E-state index contributed by atoms with van der Waals surface area (Å²) in [6.07, 6.45) is 1.91. The molecular formula is C15H18O5. The van der Waals surface area contributed by atoms with Gasteiger partial charge in [0.15, 0.2) is 0 Å². The molecule has 108 valence electrons. The summed E-state index contributed by atoms with van der Waals surface area (Å²) in [6, 6.07) is 0. The van der Waals surface area contributed by atoms with Crippen LogP contribution in [0, 0.1) is 11.3 Å². The minimum Gasteiger partial charge on any atom is -0.478 e. The van der Waals surface area contributed by atoms with Crippen molar-refractivity contribution in [2.75, 3.05) is 0 Å². The van der Waals surface area contributed by atoms with E-state index in [2.05, 4.69) is 13.2 Å². The molecule has 1 aliphatic heterocycles. The Morgan fingerprint density at radius 1 is 1.55 bits per heavy atom. The molecule has 1 fully saturated rings. The van der Waals surface area contributed by atoms with Gasteiger partial charge in [0.1, 0.15) is 0 Å². The molecule has 1 heterocycles. The molecule has 1 saturated carbocycles. The van der Waals surface area contributed by atoms with Crippen molar-refractivity contribution < 1.29 is 24.5 Å². The third kappa shape index (κ3) is 1.89. The molecule has 5 nitrogen and oxygen atoms in total. The maximum absolute atomic E-state index is 11.7. The van der Waals surface area contributed by atoms with E-state index in [9.17, 15) is 19.8 Å². The maximum Gasteiger partial charge on any atom is 0.336 e. The highest BCUT2D eigenvalue weighted by atomic mass is 16.7. The molecule has 0 unspecified atom stereocenters. The summed E-state index contributed by atoms with van der Waals surface area (Å²) in [6.45, 7) is 10.7. The molecule has 1 aliphatic carbocycles. The van der Waals surface area contributed by atoms with Gasteiger partial charge >= 0.3 is 11.9 Å². The van der Waals surface area contributed by atoms with E-state index in [1.807, 2.05) is 0 Å². The number of aliphatic hydroxyl groups is 1. The van der Waals surface area contributed by atoms with Gasteiger partial charge in [-0.15, -0.1) is 6.58 Å². The van der Waals surface area contributed by atoms with E-state index in [4.69, 9.17) is 4.74 Å². The Labute approximate surface area is 117 Å². The number of hydrogen-bond donors (Lipinski definition) is 2. The van der Waals surface area contributed by atoms with Crippen molar-refractivity contribution in [3.8, 4) is 0 Å². The van der Waals surface area contributed by atoms with Crippen LogP contribution in [0.15, 0.2) is 36.0 Å². The van der Waals surface area contributed by atoms with Crippen LogP contribution >= 0.6 is 0 Å². The molecule has 2 aliphatic rings. The monoisotopic (exact) mass is 278 g/mol. The van der Waals surface area contributed by atoms with Gasteiger partial charge in [-0.2, -0.15) is 0 Å². The Bertz CT molecular complexity index is 559. The second-order valence-corrected chi connectivity index (χ2v) is 5.75. The normalized spacial score (nSPS) is 36.4. The number of esters is 1. The van der Waals surface area contributed by atoms with Gasteiger partial charge in [-0.1, -0.05) is 19.6 Å². The van der Waals surface area contributed by atoms with Crippen LogP contribution in [0.4, 0.5) is 0 Å². The Balaban J connectivity index is 2.50. The van der Waals surface area contributed by atoms with Crippen LogP contribution in [0.3, 0.4) is 0 Å². The van der Waals surface area contributed by atoms with E-state index in [1.165, 1.54) is 0 Å². The van der Waals surface area contributed by atoms with Crippen LogP contribution < -0.4 is 0 Å². The van der Waals surface area contributed by atoms with E-state index >= 15 is 0 Å². The first-order valence-corrected chi connectivity index (χ1v) is 6.36. The third-order valence-corrected chi connectivity index (χ3v) is 4.48. The first-order valence-electron chi connectivity index (χ1n) is 6.36. The van der Waals surface area contributed by atoms with Crippen molar-refractivity contribution in [1.82, 2.24) is 0 Å². The fraction of sp³-hybridized carbons (Fsp3) is 0.467. The Morgan fingerprint density at radius 3 is 2.65 bits per heavy atom. The highest BCUT2D eigenvalue weighted by molar-refractivity contribution is 5.92. The molecule has 3 atom stereocenters. The van der Waals surface area contributed by atoms with Crippen LogP contribution in [-0.4, -0.2) is 27.9 Å². The molecule has 20 heavy (non-hydrogen) atoms. The summed E-state index contributed by atoms with van der Waals surface area (Å²) < 4.78 is 5.07. The summed E-state index contributed by atoms with van der Waals surface area (Å²) >= 11 is 0. The molecule has 0 aromatic heterocycles. The highest BCUT2D eigenvalue weighted by Gasteiger charge is 2.56. The zero-order chi connectivity index (χ0) is 15.3. The van der Waals surface area contributed by atoms with Gasteiger partial charge < -0.3 is 14.9 Å². The molecule has 0 saturated heterocycles. The Kier molecular flexibility index (Phi) is 3.13. The van der Waals surface area contributed by atoms with Crippen molar-refractivity contribution >= 4 is 11.9 Å². The fourth-order valence-corrected chi connectivity index (χ4v) is 3.12. The SMILES string of the molecule is C=C[C@]1(C)C[C@]2(O)OC(=O)C(C)=C2C[C@H]1C(=C)C(=O)O. The number of ether oxygens (including phenoxy) is 1. The highest BCUT2D eigenvalue weighted by Crippen LogP contribution is 2.54. The van der Waals surface area contributed by atoms with E-state index < -0.39 is 29.1 Å². The smallest absolute Gasteiger partial charge is 0.336 e. The van der Waals surface area contributed by atoms with Crippen LogP contribution in [0.1, 0.15) is 26.7 Å². The van der Waals surface area contributed by atoms with Gasteiger partial charge in [-0.25, -0.2) is 9.59 Å². The van der Waals surface area contributed by atoms with Crippen LogP contribution in [-0.2, 0) is 14.3 Å². The number of carbonyl (C=O) groups excluding carboxylic acids is 1. The number of hydrogen-bond acceptors (Lipinski definition) is 4. The van der Waals surface area contributed by atoms with Gasteiger partial charge in [0, 0.05) is 29.1 Å². The Hall–Kier alpha value is -1.88.